The van der Waals surface area contributed by atoms with Crippen molar-refractivity contribution >= 4 is 40.9 Å². The minimum atomic E-state index is -0.0463. The Morgan fingerprint density at radius 1 is 0.710 bits per heavy atom. The molecule has 5 aromatic heterocycles. The molecule has 388 valence electrons. The number of aliphatic imine (C=N–C) groups is 1. The third-order valence-electron chi connectivity index (χ3n) is 8.76. The molecule has 0 bridgehead atoms. The smallest absolute Gasteiger partial charge is 0.281 e. The zero-order chi connectivity index (χ0) is 53.6. The van der Waals surface area contributed by atoms with Crippen LogP contribution < -0.4 is 27.1 Å². The molecule has 1 aliphatic rings. The molecule has 5 aromatic rings. The van der Waals surface area contributed by atoms with Gasteiger partial charge in [-0.1, -0.05) is 116 Å². The van der Waals surface area contributed by atoms with Crippen LogP contribution in [0.25, 0.3) is 0 Å². The highest BCUT2D eigenvalue weighted by Gasteiger charge is 2.12. The molecule has 0 radical (unpaired) electrons. The van der Waals surface area contributed by atoms with E-state index in [1.807, 2.05) is 89.2 Å². The van der Waals surface area contributed by atoms with E-state index in [1.165, 1.54) is 23.7 Å². The van der Waals surface area contributed by atoms with Crippen molar-refractivity contribution in [2.45, 2.75) is 161 Å². The highest BCUT2D eigenvalue weighted by molar-refractivity contribution is 7.05. The standard InChI is InChI=1S/C9H12O2.C7H11NO.C7H11NS.C6H10N2O.C5H9N3.C5H8N2OS.2C5H11NO/c1-6(2)8-5-11-4-7(3)9(8)10;2*1-5(2)7-4-6(3)8-9-7;1-4(2)6-7-5(3)9-8-6;1-4(2)5-6-3-7-8-5;1-3(2)4-5(8)7-9-6-4;2*1-4(2)5(7)6-3/h4-6H,1-3H3;2*4-5H,1-3H3;4H,3H2,1-2H3,(H,7,8);3-4H,1-2H3,(H,6,7,8);3H,1-2H3,(H,7,8);2*4H,1-3H3,(H,6,7). The van der Waals surface area contributed by atoms with Gasteiger partial charge in [-0.25, -0.2) is 10.5 Å². The van der Waals surface area contributed by atoms with Crippen LogP contribution in [0.1, 0.15) is 185 Å². The number of nitrogens with zero attached hydrogens (tertiary/aromatic N) is 6. The van der Waals surface area contributed by atoms with Gasteiger partial charge in [0.1, 0.15) is 29.4 Å². The first kappa shape index (κ1) is 65.3. The van der Waals surface area contributed by atoms with Crippen molar-refractivity contribution in [3.05, 3.63) is 109 Å². The van der Waals surface area contributed by atoms with Crippen LogP contribution in [0.15, 0.2) is 67.0 Å². The Balaban J connectivity index is 0. The number of H-pyrrole nitrogens is 2. The van der Waals surface area contributed by atoms with Crippen LogP contribution in [0.5, 0.6) is 0 Å². The van der Waals surface area contributed by atoms with Crippen molar-refractivity contribution in [1.29, 1.82) is 0 Å². The molecule has 0 saturated heterocycles. The lowest BCUT2D eigenvalue weighted by Crippen LogP contribution is -2.22. The Labute approximate surface area is 418 Å². The molecule has 0 saturated carbocycles. The van der Waals surface area contributed by atoms with E-state index < -0.39 is 0 Å². The molecule has 0 aromatic carbocycles. The summed E-state index contributed by atoms with van der Waals surface area (Å²) < 4.78 is 20.6. The average molecular weight is 1000 g/mol. The van der Waals surface area contributed by atoms with Gasteiger partial charge in [-0.15, -0.1) is 0 Å². The number of aryl methyl sites for hydroxylation is 3. The van der Waals surface area contributed by atoms with E-state index in [0.29, 0.717) is 40.8 Å². The van der Waals surface area contributed by atoms with Crippen molar-refractivity contribution < 1.29 is 23.4 Å². The first-order chi connectivity index (χ1) is 32.1. The third kappa shape index (κ3) is 29.0. The lowest BCUT2D eigenvalue weighted by atomic mass is 10.0. The van der Waals surface area contributed by atoms with Crippen LogP contribution >= 0.6 is 23.3 Å². The van der Waals surface area contributed by atoms with Crippen molar-refractivity contribution in [2.24, 2.45) is 22.7 Å². The molecule has 20 heteroatoms. The summed E-state index contributed by atoms with van der Waals surface area (Å²) in [7, 11) is 3.28. The lowest BCUT2D eigenvalue weighted by molar-refractivity contribution is -0.124. The summed E-state index contributed by atoms with van der Waals surface area (Å²) in [5.41, 5.74) is 6.88. The summed E-state index contributed by atoms with van der Waals surface area (Å²) in [5.74, 6) is 6.03. The second-order valence-electron chi connectivity index (χ2n) is 18.0. The minimum absolute atomic E-state index is 0.0463. The molecule has 2 amide bonds. The highest BCUT2D eigenvalue weighted by Crippen LogP contribution is 2.19. The molecule has 0 fully saturated rings. The van der Waals surface area contributed by atoms with Gasteiger partial charge in [0.2, 0.25) is 17.7 Å². The maximum absolute atomic E-state index is 11.4. The molecular formula is C49H83N11O7S2. The second kappa shape index (κ2) is 35.4. The molecule has 6 heterocycles. The maximum atomic E-state index is 11.4. The summed E-state index contributed by atoms with van der Waals surface area (Å²) in [4.78, 5) is 57.0. The number of amides is 2. The van der Waals surface area contributed by atoms with Crippen LogP contribution in [0.2, 0.25) is 0 Å². The molecule has 6 rings (SSSR count). The van der Waals surface area contributed by atoms with Crippen LogP contribution in [-0.2, 0) is 14.4 Å². The van der Waals surface area contributed by atoms with Crippen molar-refractivity contribution in [3.8, 4) is 0 Å². The molecule has 1 aliphatic heterocycles. The van der Waals surface area contributed by atoms with Gasteiger partial charge in [0.15, 0.2) is 5.43 Å². The van der Waals surface area contributed by atoms with Crippen molar-refractivity contribution in [2.75, 3.05) is 14.1 Å². The number of carbonyl (C=O) groups is 2. The van der Waals surface area contributed by atoms with Crippen LogP contribution in [0.3, 0.4) is 0 Å². The Morgan fingerprint density at radius 2 is 1.29 bits per heavy atom. The molecule has 0 atom stereocenters. The van der Waals surface area contributed by atoms with Crippen LogP contribution in [-0.4, -0.2) is 65.2 Å². The number of aromatic amines is 2. The van der Waals surface area contributed by atoms with E-state index in [4.69, 9.17) is 13.8 Å². The first-order valence-corrected chi connectivity index (χ1v) is 24.6. The van der Waals surface area contributed by atoms with Gasteiger partial charge in [-0.05, 0) is 56.8 Å². The number of carbonyl (C=O) groups excluding carboxylic acids is 2. The molecule has 0 spiro atoms. The summed E-state index contributed by atoms with van der Waals surface area (Å²) in [6, 6.07) is 4.11. The molecule has 0 aliphatic carbocycles. The van der Waals surface area contributed by atoms with E-state index in [9.17, 15) is 19.2 Å². The Kier molecular flexibility index (Phi) is 33.5. The largest absolute Gasteiger partial charge is 0.472 e. The molecule has 0 unspecified atom stereocenters. The van der Waals surface area contributed by atoms with Crippen LogP contribution in [0.4, 0.5) is 0 Å². The van der Waals surface area contributed by atoms with Gasteiger partial charge in [0.05, 0.1) is 23.9 Å². The fourth-order valence-corrected chi connectivity index (χ4v) is 5.80. The number of amidine groups is 1. The Morgan fingerprint density at radius 3 is 1.51 bits per heavy atom. The zero-order valence-corrected chi connectivity index (χ0v) is 46.7. The van der Waals surface area contributed by atoms with E-state index in [0.717, 1.165) is 46.1 Å². The van der Waals surface area contributed by atoms with E-state index in [1.54, 1.807) is 32.6 Å². The Bertz CT molecular complexity index is 2230. The fraction of sp³-hybridized carbons (Fsp3) is 0.592. The van der Waals surface area contributed by atoms with Gasteiger partial charge in [-0.2, -0.15) is 18.8 Å². The quantitative estimate of drug-likeness (QED) is 0.0972. The third-order valence-corrected chi connectivity index (χ3v) is 10.5. The fourth-order valence-electron chi connectivity index (χ4n) is 4.44. The van der Waals surface area contributed by atoms with E-state index in [-0.39, 0.29) is 46.5 Å². The van der Waals surface area contributed by atoms with Crippen molar-refractivity contribution in [3.63, 3.8) is 0 Å². The zero-order valence-electron chi connectivity index (χ0n) is 45.1. The Hall–Kier alpha value is -5.76. The van der Waals surface area contributed by atoms with Gasteiger partial charge in [0.25, 0.3) is 5.56 Å². The van der Waals surface area contributed by atoms with Crippen molar-refractivity contribution in [1.82, 2.24) is 49.6 Å². The minimum Gasteiger partial charge on any atom is -0.472 e. The number of hydrogen-bond donors (Lipinski definition) is 5. The number of rotatable bonds is 8. The summed E-state index contributed by atoms with van der Waals surface area (Å²) in [6.07, 6.45) is 4.53. The average Bonchev–Trinajstić information content (AvgIpc) is 4.15. The van der Waals surface area contributed by atoms with Gasteiger partial charge >= 0.3 is 0 Å². The molecular weight excluding hydrogens is 919 g/mol. The first-order valence-electron chi connectivity index (χ1n) is 23.1. The van der Waals surface area contributed by atoms with Gasteiger partial charge < -0.3 is 24.4 Å². The normalized spacial score (nSPS) is 11.1. The maximum Gasteiger partial charge on any atom is 0.281 e. The topological polar surface area (TPSA) is 248 Å². The monoisotopic (exact) mass is 1000 g/mol. The summed E-state index contributed by atoms with van der Waals surface area (Å²) >= 11 is 2.71. The predicted octanol–water partition coefficient (Wildman–Crippen LogP) is 10.5. The highest BCUT2D eigenvalue weighted by atomic mass is 32.1. The summed E-state index contributed by atoms with van der Waals surface area (Å²) in [5, 5.41) is 15.3. The molecule has 69 heavy (non-hydrogen) atoms. The second-order valence-corrected chi connectivity index (χ2v) is 19.4. The number of hydroxylamine groups is 1. The van der Waals surface area contributed by atoms with Crippen LogP contribution in [0, 0.1) is 38.5 Å². The lowest BCUT2D eigenvalue weighted by Gasteiger charge is -2.02. The molecule has 5 N–H and O–H groups in total. The van der Waals surface area contributed by atoms with E-state index in [2.05, 4.69) is 109 Å². The van der Waals surface area contributed by atoms with Gasteiger partial charge in [0, 0.05) is 83.4 Å². The number of aromatic nitrogens is 7. The molecule has 18 nitrogen and oxygen atoms in total. The SMILES string of the molecule is C=C1N=C(C(C)C)NO1.CC(C)c1ncn[nH]1.CC(C)c1ns[nH]c1=O.CNC(=O)C(C)C.CNC(=O)C(C)C.Cc1cc(C(C)C)on1.Cc1cc(C(C)C)sn1.Cc1cocc(C(C)C)c1=O. The predicted molar refractivity (Wildman–Crippen MR) is 281 cm³/mol. The number of hydrogen-bond acceptors (Lipinski definition) is 16. The number of nitrogens with one attached hydrogen (secondary N) is 5. The summed E-state index contributed by atoms with van der Waals surface area (Å²) in [6.45, 7) is 41.3. The van der Waals surface area contributed by atoms with E-state index >= 15 is 0 Å². The van der Waals surface area contributed by atoms with Gasteiger partial charge in [-0.3, -0.25) is 28.7 Å².